The van der Waals surface area contributed by atoms with E-state index in [-0.39, 0.29) is 23.1 Å². The number of pyridine rings is 1. The highest BCUT2D eigenvalue weighted by molar-refractivity contribution is 7.99. The maximum absolute atomic E-state index is 12.8. The highest BCUT2D eigenvalue weighted by Gasteiger charge is 2.48. The van der Waals surface area contributed by atoms with Gasteiger partial charge in [-0.3, -0.25) is 19.4 Å². The van der Waals surface area contributed by atoms with E-state index in [2.05, 4.69) is 15.6 Å². The summed E-state index contributed by atoms with van der Waals surface area (Å²) in [5, 5.41) is 5.41. The summed E-state index contributed by atoms with van der Waals surface area (Å²) in [6.07, 6.45) is 3.32. The standard InChI is InChI=1S/C20H20N4O3S/c1-12(17(25)22-10-13-6-8-21-9-7-13)23-18(26)16-11-28-20-15-5-3-2-4-14(15)19(27)24(16)20/h2-9,12,16,20H,10-11H2,1H3,(H,22,25)(H,23,26). The van der Waals surface area contributed by atoms with Gasteiger partial charge in [0, 0.05) is 30.3 Å². The van der Waals surface area contributed by atoms with Gasteiger partial charge < -0.3 is 15.5 Å². The third kappa shape index (κ3) is 3.35. The number of nitrogens with zero attached hydrogens (tertiary/aromatic N) is 2. The Morgan fingerprint density at radius 3 is 2.79 bits per heavy atom. The molecule has 1 saturated heterocycles. The fraction of sp³-hybridized carbons (Fsp3) is 0.300. The molecule has 0 aliphatic carbocycles. The van der Waals surface area contributed by atoms with Crippen LogP contribution in [0.3, 0.4) is 0 Å². The van der Waals surface area contributed by atoms with Crippen molar-refractivity contribution in [1.82, 2.24) is 20.5 Å². The normalized spacial score (nSPS) is 21.0. The first-order chi connectivity index (χ1) is 13.6. The number of thioether (sulfide) groups is 1. The summed E-state index contributed by atoms with van der Waals surface area (Å²) in [5.41, 5.74) is 2.54. The minimum absolute atomic E-state index is 0.124. The predicted molar refractivity (Wildman–Crippen MR) is 105 cm³/mol. The fourth-order valence-corrected chi connectivity index (χ4v) is 4.93. The van der Waals surface area contributed by atoms with Crippen LogP contribution in [-0.2, 0) is 16.1 Å². The molecule has 0 radical (unpaired) electrons. The van der Waals surface area contributed by atoms with Gasteiger partial charge >= 0.3 is 0 Å². The predicted octanol–water partition coefficient (Wildman–Crippen LogP) is 1.47. The lowest BCUT2D eigenvalue weighted by atomic mass is 10.1. The summed E-state index contributed by atoms with van der Waals surface area (Å²) in [4.78, 5) is 43.4. The molecule has 0 bridgehead atoms. The van der Waals surface area contributed by atoms with Crippen molar-refractivity contribution in [2.24, 2.45) is 0 Å². The molecular formula is C20H20N4O3S. The summed E-state index contributed by atoms with van der Waals surface area (Å²) in [5.74, 6) is -0.186. The number of nitrogens with one attached hydrogen (secondary N) is 2. The van der Waals surface area contributed by atoms with Crippen LogP contribution in [0.4, 0.5) is 0 Å². The molecule has 3 heterocycles. The third-order valence-corrected chi connectivity index (χ3v) is 6.27. The van der Waals surface area contributed by atoms with Crippen molar-refractivity contribution in [3.05, 3.63) is 65.5 Å². The summed E-state index contributed by atoms with van der Waals surface area (Å²) in [6.45, 7) is 2.00. The molecule has 3 unspecified atom stereocenters. The average molecular weight is 396 g/mol. The maximum Gasteiger partial charge on any atom is 0.256 e. The van der Waals surface area contributed by atoms with Gasteiger partial charge in [-0.05, 0) is 36.2 Å². The first-order valence-corrected chi connectivity index (χ1v) is 10.1. The SMILES string of the molecule is CC(NC(=O)C1CSC2c3ccccc3C(=O)N12)C(=O)NCc1ccncc1. The second-order valence-electron chi connectivity index (χ2n) is 6.80. The molecular weight excluding hydrogens is 376 g/mol. The first-order valence-electron chi connectivity index (χ1n) is 9.06. The van der Waals surface area contributed by atoms with Crippen molar-refractivity contribution >= 4 is 29.5 Å². The zero-order valence-electron chi connectivity index (χ0n) is 15.3. The van der Waals surface area contributed by atoms with Gasteiger partial charge in [-0.2, -0.15) is 0 Å². The van der Waals surface area contributed by atoms with E-state index in [1.54, 1.807) is 42.0 Å². The van der Waals surface area contributed by atoms with Gasteiger partial charge in [-0.25, -0.2) is 0 Å². The quantitative estimate of drug-likeness (QED) is 0.799. The Morgan fingerprint density at radius 2 is 2.00 bits per heavy atom. The zero-order chi connectivity index (χ0) is 19.7. The van der Waals surface area contributed by atoms with Gasteiger partial charge in [0.15, 0.2) is 0 Å². The molecule has 2 aliphatic heterocycles. The molecule has 4 rings (SSSR count). The summed E-state index contributed by atoms with van der Waals surface area (Å²) in [7, 11) is 0. The Morgan fingerprint density at radius 1 is 1.25 bits per heavy atom. The molecule has 1 aromatic carbocycles. The van der Waals surface area contributed by atoms with Crippen LogP contribution in [0.25, 0.3) is 0 Å². The molecule has 144 valence electrons. The first kappa shape index (κ1) is 18.5. The Labute approximate surface area is 166 Å². The second-order valence-corrected chi connectivity index (χ2v) is 7.92. The number of hydrogen-bond donors (Lipinski definition) is 2. The average Bonchev–Trinajstić information content (AvgIpc) is 3.27. The van der Waals surface area contributed by atoms with E-state index >= 15 is 0 Å². The van der Waals surface area contributed by atoms with Crippen molar-refractivity contribution < 1.29 is 14.4 Å². The lowest BCUT2D eigenvalue weighted by molar-refractivity contribution is -0.130. The number of amides is 3. The molecule has 1 fully saturated rings. The molecule has 0 saturated carbocycles. The largest absolute Gasteiger partial charge is 0.350 e. The minimum atomic E-state index is -0.696. The number of carbonyl (C=O) groups excluding carboxylic acids is 3. The highest BCUT2D eigenvalue weighted by atomic mass is 32.2. The lowest BCUT2D eigenvalue weighted by Gasteiger charge is -2.24. The van der Waals surface area contributed by atoms with E-state index in [0.717, 1.165) is 11.1 Å². The molecule has 2 aliphatic rings. The summed E-state index contributed by atoms with van der Waals surface area (Å²) in [6, 6.07) is 9.81. The lowest BCUT2D eigenvalue weighted by Crippen LogP contribution is -2.52. The molecule has 2 aromatic rings. The number of carbonyl (C=O) groups is 3. The Balaban J connectivity index is 1.36. The monoisotopic (exact) mass is 396 g/mol. The Hall–Kier alpha value is -2.87. The van der Waals surface area contributed by atoms with Crippen LogP contribution in [0.15, 0.2) is 48.8 Å². The van der Waals surface area contributed by atoms with Crippen LogP contribution in [0.1, 0.15) is 33.8 Å². The number of rotatable bonds is 5. The van der Waals surface area contributed by atoms with Crippen molar-refractivity contribution in [2.75, 3.05) is 5.75 Å². The Bertz CT molecular complexity index is 921. The van der Waals surface area contributed by atoms with Crippen molar-refractivity contribution in [1.29, 1.82) is 0 Å². The van der Waals surface area contributed by atoms with Crippen LogP contribution in [0.5, 0.6) is 0 Å². The van der Waals surface area contributed by atoms with Crippen molar-refractivity contribution in [3.8, 4) is 0 Å². The van der Waals surface area contributed by atoms with Gasteiger partial charge in [0.25, 0.3) is 5.91 Å². The topological polar surface area (TPSA) is 91.4 Å². The zero-order valence-corrected chi connectivity index (χ0v) is 16.1. The van der Waals surface area contributed by atoms with Crippen LogP contribution in [-0.4, -0.2) is 45.4 Å². The minimum Gasteiger partial charge on any atom is -0.350 e. The number of hydrogen-bond acceptors (Lipinski definition) is 5. The molecule has 0 spiro atoms. The van der Waals surface area contributed by atoms with E-state index < -0.39 is 12.1 Å². The van der Waals surface area contributed by atoms with Gasteiger partial charge in [0.05, 0.1) is 0 Å². The van der Waals surface area contributed by atoms with Gasteiger partial charge in [0.1, 0.15) is 17.5 Å². The molecule has 3 atom stereocenters. The molecule has 1 aromatic heterocycles. The Kier molecular flexibility index (Phi) is 5.04. The van der Waals surface area contributed by atoms with E-state index in [4.69, 9.17) is 0 Å². The number of fused-ring (bicyclic) bond motifs is 3. The van der Waals surface area contributed by atoms with E-state index in [1.165, 1.54) is 0 Å². The van der Waals surface area contributed by atoms with Crippen LogP contribution < -0.4 is 10.6 Å². The van der Waals surface area contributed by atoms with Crippen LogP contribution in [0.2, 0.25) is 0 Å². The molecule has 28 heavy (non-hydrogen) atoms. The van der Waals surface area contributed by atoms with E-state index in [0.29, 0.717) is 17.9 Å². The molecule has 7 nitrogen and oxygen atoms in total. The van der Waals surface area contributed by atoms with Crippen LogP contribution >= 0.6 is 11.8 Å². The maximum atomic E-state index is 12.8. The summed E-state index contributed by atoms with van der Waals surface area (Å²) >= 11 is 1.58. The number of benzene rings is 1. The second kappa shape index (κ2) is 7.63. The molecule has 2 N–H and O–H groups in total. The highest BCUT2D eigenvalue weighted by Crippen LogP contribution is 2.48. The third-order valence-electron chi connectivity index (χ3n) is 4.96. The van der Waals surface area contributed by atoms with E-state index in [1.807, 2.05) is 30.3 Å². The molecule has 8 heteroatoms. The smallest absolute Gasteiger partial charge is 0.256 e. The molecule has 3 amide bonds. The fourth-order valence-electron chi connectivity index (χ4n) is 3.46. The van der Waals surface area contributed by atoms with Gasteiger partial charge in [0.2, 0.25) is 11.8 Å². The van der Waals surface area contributed by atoms with Crippen LogP contribution in [0, 0.1) is 0 Å². The van der Waals surface area contributed by atoms with Gasteiger partial charge in [-0.15, -0.1) is 11.8 Å². The van der Waals surface area contributed by atoms with Gasteiger partial charge in [-0.1, -0.05) is 18.2 Å². The van der Waals surface area contributed by atoms with Crippen molar-refractivity contribution in [2.45, 2.75) is 30.9 Å². The van der Waals surface area contributed by atoms with E-state index in [9.17, 15) is 14.4 Å². The van der Waals surface area contributed by atoms with Crippen molar-refractivity contribution in [3.63, 3.8) is 0 Å². The number of aromatic nitrogens is 1. The summed E-state index contributed by atoms with van der Waals surface area (Å²) < 4.78 is 0.